The average molecular weight is 325 g/mol. The number of methoxy groups -OCH3 is 1. The van der Waals surface area contributed by atoms with E-state index < -0.39 is 6.10 Å². The molecule has 0 bridgehead atoms. The minimum absolute atomic E-state index is 0.349. The summed E-state index contributed by atoms with van der Waals surface area (Å²) in [5.74, 6) is 0.358. The quantitative estimate of drug-likeness (QED) is 0.925. The van der Waals surface area contributed by atoms with Crippen LogP contribution in [0.25, 0.3) is 0 Å². The molecule has 2 aromatic rings. The molecule has 0 spiro atoms. The van der Waals surface area contributed by atoms with Gasteiger partial charge in [0.1, 0.15) is 11.6 Å². The maximum atomic E-state index is 13.1. The molecule has 100 valence electrons. The van der Waals surface area contributed by atoms with Crippen LogP contribution < -0.4 is 4.74 Å². The number of hydrogen-bond acceptors (Lipinski definition) is 2. The highest BCUT2D eigenvalue weighted by Crippen LogP contribution is 2.28. The smallest absolute Gasteiger partial charge is 0.123 e. The van der Waals surface area contributed by atoms with Crippen molar-refractivity contribution in [1.29, 1.82) is 0 Å². The first kappa shape index (κ1) is 14.0. The van der Waals surface area contributed by atoms with E-state index in [4.69, 9.17) is 4.74 Å². The molecular weight excluding hydrogens is 311 g/mol. The maximum Gasteiger partial charge on any atom is 0.123 e. The molecule has 0 aromatic heterocycles. The number of aliphatic hydroxyl groups excluding tert-OH is 1. The van der Waals surface area contributed by atoms with E-state index in [2.05, 4.69) is 15.9 Å². The van der Waals surface area contributed by atoms with Crippen molar-refractivity contribution in [2.75, 3.05) is 7.11 Å². The summed E-state index contributed by atoms with van der Waals surface area (Å²) in [6.45, 7) is 0. The number of halogens is 2. The van der Waals surface area contributed by atoms with Gasteiger partial charge in [0.05, 0.1) is 13.2 Å². The normalized spacial score (nSPS) is 12.2. The van der Waals surface area contributed by atoms with Gasteiger partial charge in [-0.05, 0) is 41.5 Å². The summed E-state index contributed by atoms with van der Waals surface area (Å²) in [7, 11) is 1.58. The van der Waals surface area contributed by atoms with E-state index in [0.717, 1.165) is 10.0 Å². The van der Waals surface area contributed by atoms with E-state index in [-0.39, 0.29) is 5.82 Å². The van der Waals surface area contributed by atoms with Crippen LogP contribution in [0.15, 0.2) is 46.9 Å². The summed E-state index contributed by atoms with van der Waals surface area (Å²) in [6.07, 6.45) is -0.398. The molecule has 2 nitrogen and oxygen atoms in total. The van der Waals surface area contributed by atoms with E-state index in [0.29, 0.717) is 17.7 Å². The minimum Gasteiger partial charge on any atom is -0.496 e. The first-order valence-corrected chi connectivity index (χ1v) is 6.65. The Morgan fingerprint density at radius 1 is 1.26 bits per heavy atom. The highest BCUT2D eigenvalue weighted by molar-refractivity contribution is 9.10. The van der Waals surface area contributed by atoms with Gasteiger partial charge in [-0.2, -0.15) is 0 Å². The van der Waals surface area contributed by atoms with Crippen molar-refractivity contribution >= 4 is 15.9 Å². The van der Waals surface area contributed by atoms with Crippen LogP contribution in [0.5, 0.6) is 5.75 Å². The van der Waals surface area contributed by atoms with Gasteiger partial charge < -0.3 is 9.84 Å². The van der Waals surface area contributed by atoms with E-state index in [1.807, 2.05) is 18.2 Å². The zero-order valence-corrected chi connectivity index (χ0v) is 12.0. The lowest BCUT2D eigenvalue weighted by atomic mass is 10.0. The van der Waals surface area contributed by atoms with Crippen molar-refractivity contribution in [3.63, 3.8) is 0 Å². The second-order valence-electron chi connectivity index (χ2n) is 4.23. The Morgan fingerprint density at radius 2 is 2.05 bits per heavy atom. The molecule has 1 atom stereocenters. The third-order valence-electron chi connectivity index (χ3n) is 2.89. The van der Waals surface area contributed by atoms with Crippen molar-refractivity contribution in [3.8, 4) is 5.75 Å². The summed E-state index contributed by atoms with van der Waals surface area (Å²) in [5, 5.41) is 10.2. The first-order valence-electron chi connectivity index (χ1n) is 5.86. The molecule has 0 amide bonds. The zero-order valence-electron chi connectivity index (χ0n) is 10.4. The van der Waals surface area contributed by atoms with E-state index in [1.165, 1.54) is 12.1 Å². The molecule has 4 heteroatoms. The van der Waals surface area contributed by atoms with Gasteiger partial charge in [-0.15, -0.1) is 0 Å². The van der Waals surface area contributed by atoms with Crippen LogP contribution in [0.1, 0.15) is 17.2 Å². The molecule has 0 radical (unpaired) electrons. The molecule has 1 unspecified atom stereocenters. The number of ether oxygens (including phenoxy) is 1. The van der Waals surface area contributed by atoms with E-state index in [1.54, 1.807) is 19.2 Å². The molecule has 0 aliphatic carbocycles. The van der Waals surface area contributed by atoms with Crippen molar-refractivity contribution < 1.29 is 14.2 Å². The number of rotatable bonds is 4. The zero-order chi connectivity index (χ0) is 13.8. The van der Waals surface area contributed by atoms with Crippen LogP contribution >= 0.6 is 15.9 Å². The first-order chi connectivity index (χ1) is 9.10. The lowest BCUT2D eigenvalue weighted by molar-refractivity contribution is 0.177. The lowest BCUT2D eigenvalue weighted by Crippen LogP contribution is -2.03. The molecule has 0 heterocycles. The molecule has 0 fully saturated rings. The van der Waals surface area contributed by atoms with Crippen molar-refractivity contribution in [2.45, 2.75) is 12.5 Å². The van der Waals surface area contributed by atoms with Crippen LogP contribution in [0.3, 0.4) is 0 Å². The SMILES string of the molecule is COc1ccc(Br)cc1CC(O)c1cccc(F)c1. The van der Waals surface area contributed by atoms with Crippen LogP contribution in [-0.2, 0) is 6.42 Å². The lowest BCUT2D eigenvalue weighted by Gasteiger charge is -2.14. The molecule has 0 saturated heterocycles. The highest BCUT2D eigenvalue weighted by atomic mass is 79.9. The Kier molecular flexibility index (Phi) is 4.56. The van der Waals surface area contributed by atoms with Crippen molar-refractivity contribution in [3.05, 3.63) is 63.9 Å². The minimum atomic E-state index is -0.765. The summed E-state index contributed by atoms with van der Waals surface area (Å²) < 4.78 is 19.3. The van der Waals surface area contributed by atoms with Gasteiger partial charge in [0, 0.05) is 10.9 Å². The highest BCUT2D eigenvalue weighted by Gasteiger charge is 2.13. The van der Waals surface area contributed by atoms with Gasteiger partial charge in [-0.3, -0.25) is 0 Å². The predicted molar refractivity (Wildman–Crippen MR) is 75.8 cm³/mol. The van der Waals surface area contributed by atoms with Crippen LogP contribution in [0, 0.1) is 5.82 Å². The number of hydrogen-bond donors (Lipinski definition) is 1. The Bertz CT molecular complexity index is 572. The average Bonchev–Trinajstić information content (AvgIpc) is 2.39. The number of aliphatic hydroxyl groups is 1. The van der Waals surface area contributed by atoms with Gasteiger partial charge in [-0.1, -0.05) is 28.1 Å². The molecule has 1 N–H and O–H groups in total. The molecule has 2 aromatic carbocycles. The van der Waals surface area contributed by atoms with Gasteiger partial charge in [-0.25, -0.2) is 4.39 Å². The Balaban J connectivity index is 2.23. The molecule has 0 saturated carbocycles. The molecule has 0 aliphatic rings. The summed E-state index contributed by atoms with van der Waals surface area (Å²) in [5.41, 5.74) is 1.43. The monoisotopic (exact) mass is 324 g/mol. The van der Waals surface area contributed by atoms with Gasteiger partial charge in [0.25, 0.3) is 0 Å². The van der Waals surface area contributed by atoms with Gasteiger partial charge >= 0.3 is 0 Å². The Hall–Kier alpha value is -1.39. The molecule has 19 heavy (non-hydrogen) atoms. The topological polar surface area (TPSA) is 29.5 Å². The third kappa shape index (κ3) is 3.55. The van der Waals surface area contributed by atoms with E-state index >= 15 is 0 Å². The Morgan fingerprint density at radius 3 is 2.74 bits per heavy atom. The standard InChI is InChI=1S/C15H14BrFO2/c1-19-15-6-5-12(16)7-11(15)9-14(18)10-3-2-4-13(17)8-10/h2-8,14,18H,9H2,1H3. The van der Waals surface area contributed by atoms with Crippen molar-refractivity contribution in [2.24, 2.45) is 0 Å². The van der Waals surface area contributed by atoms with Crippen LogP contribution in [-0.4, -0.2) is 12.2 Å². The summed E-state index contributed by atoms with van der Waals surface area (Å²) in [6, 6.07) is 11.6. The summed E-state index contributed by atoms with van der Waals surface area (Å²) in [4.78, 5) is 0. The van der Waals surface area contributed by atoms with Gasteiger partial charge in [0.15, 0.2) is 0 Å². The molecule has 0 aliphatic heterocycles. The molecular formula is C15H14BrFO2. The van der Waals surface area contributed by atoms with Crippen molar-refractivity contribution in [1.82, 2.24) is 0 Å². The maximum absolute atomic E-state index is 13.1. The predicted octanol–water partition coefficient (Wildman–Crippen LogP) is 3.87. The molecule has 2 rings (SSSR count). The summed E-state index contributed by atoms with van der Waals surface area (Å²) >= 11 is 3.39. The van der Waals surface area contributed by atoms with Gasteiger partial charge in [0.2, 0.25) is 0 Å². The van der Waals surface area contributed by atoms with Crippen LogP contribution in [0.2, 0.25) is 0 Å². The fourth-order valence-electron chi connectivity index (χ4n) is 1.95. The van der Waals surface area contributed by atoms with E-state index in [9.17, 15) is 9.50 Å². The fraction of sp³-hybridized carbons (Fsp3) is 0.200. The van der Waals surface area contributed by atoms with Crippen LogP contribution in [0.4, 0.5) is 4.39 Å². The fourth-order valence-corrected chi connectivity index (χ4v) is 2.36. The second kappa shape index (κ2) is 6.17. The Labute approximate surface area is 120 Å². The second-order valence-corrected chi connectivity index (χ2v) is 5.15. The number of benzene rings is 2. The third-order valence-corrected chi connectivity index (χ3v) is 3.38. The largest absolute Gasteiger partial charge is 0.496 e.